The van der Waals surface area contributed by atoms with E-state index in [1.54, 1.807) is 6.07 Å². The third-order valence-electron chi connectivity index (χ3n) is 3.31. The van der Waals surface area contributed by atoms with Crippen molar-refractivity contribution in [2.75, 3.05) is 0 Å². The standard InChI is InChI=1S/C14H9ClN4O5/c15-13-7-9(2-4-17(13)22)18-10(1-3-16-18)8-5-11(19(23)24)14(21)12(20)6-8/h1-7,20-21H. The van der Waals surface area contributed by atoms with E-state index in [-0.39, 0.29) is 10.7 Å². The van der Waals surface area contributed by atoms with Crippen LogP contribution in [-0.2, 0) is 0 Å². The Labute approximate surface area is 139 Å². The predicted octanol–water partition coefficient (Wildman–Crippen LogP) is 2.15. The molecular weight excluding hydrogens is 340 g/mol. The van der Waals surface area contributed by atoms with Gasteiger partial charge >= 0.3 is 5.69 Å². The van der Waals surface area contributed by atoms with Gasteiger partial charge in [-0.15, -0.1) is 0 Å². The summed E-state index contributed by atoms with van der Waals surface area (Å²) in [5.74, 6) is -1.44. The smallest absolute Gasteiger partial charge is 0.315 e. The van der Waals surface area contributed by atoms with E-state index >= 15 is 0 Å². The lowest BCUT2D eigenvalue weighted by atomic mass is 10.1. The van der Waals surface area contributed by atoms with Crippen LogP contribution in [0, 0.1) is 15.3 Å². The monoisotopic (exact) mass is 348 g/mol. The van der Waals surface area contributed by atoms with Crippen molar-refractivity contribution in [1.82, 2.24) is 9.78 Å². The van der Waals surface area contributed by atoms with Gasteiger partial charge in [0.2, 0.25) is 5.75 Å². The summed E-state index contributed by atoms with van der Waals surface area (Å²) < 4.78 is 1.85. The molecule has 0 aliphatic rings. The highest BCUT2D eigenvalue weighted by Gasteiger charge is 2.21. The Morgan fingerprint density at radius 3 is 2.67 bits per heavy atom. The number of aromatic hydroxyl groups is 2. The minimum atomic E-state index is -0.815. The number of nitrogens with zero attached hydrogens (tertiary/aromatic N) is 4. The van der Waals surface area contributed by atoms with Crippen LogP contribution in [0.5, 0.6) is 11.5 Å². The van der Waals surface area contributed by atoms with Crippen LogP contribution >= 0.6 is 11.6 Å². The fourth-order valence-corrected chi connectivity index (χ4v) is 2.37. The maximum atomic E-state index is 11.3. The first kappa shape index (κ1) is 15.6. The van der Waals surface area contributed by atoms with E-state index in [2.05, 4.69) is 5.10 Å². The van der Waals surface area contributed by atoms with Gasteiger partial charge in [-0.3, -0.25) is 10.1 Å². The van der Waals surface area contributed by atoms with Crippen molar-refractivity contribution < 1.29 is 19.9 Å². The SMILES string of the molecule is O=[N+]([O-])c1cc(-c2ccnn2-c2cc[n+]([O-])c(Cl)c2)cc(O)c1O. The second-order valence-corrected chi connectivity index (χ2v) is 5.17. The Morgan fingerprint density at radius 1 is 1.25 bits per heavy atom. The fraction of sp³-hybridized carbons (Fsp3) is 0. The molecule has 0 spiro atoms. The molecular formula is C14H9ClN4O5. The number of phenols is 2. The minimum absolute atomic E-state index is 0.0755. The second kappa shape index (κ2) is 5.70. The average Bonchev–Trinajstić information content (AvgIpc) is 3.01. The summed E-state index contributed by atoms with van der Waals surface area (Å²) in [4.78, 5) is 10.2. The molecule has 0 saturated carbocycles. The van der Waals surface area contributed by atoms with E-state index in [0.29, 0.717) is 16.1 Å². The molecule has 24 heavy (non-hydrogen) atoms. The van der Waals surface area contributed by atoms with E-state index in [1.807, 2.05) is 0 Å². The van der Waals surface area contributed by atoms with Crippen LogP contribution in [0.2, 0.25) is 5.15 Å². The Balaban J connectivity index is 2.17. The molecule has 2 N–H and O–H groups in total. The molecule has 0 amide bonds. The molecule has 10 heteroatoms. The number of hydrogen-bond acceptors (Lipinski definition) is 6. The number of nitro groups is 1. The fourth-order valence-electron chi connectivity index (χ4n) is 2.20. The number of rotatable bonds is 3. The molecule has 0 atom stereocenters. The summed E-state index contributed by atoms with van der Waals surface area (Å²) in [6.45, 7) is 0. The topological polar surface area (TPSA) is 128 Å². The number of halogens is 1. The molecule has 0 aliphatic carbocycles. The average molecular weight is 349 g/mol. The minimum Gasteiger partial charge on any atom is -0.618 e. The van der Waals surface area contributed by atoms with Gasteiger partial charge in [-0.05, 0) is 23.7 Å². The summed E-state index contributed by atoms with van der Waals surface area (Å²) in [5, 5.41) is 45.6. The number of hydrogen-bond donors (Lipinski definition) is 2. The quantitative estimate of drug-likeness (QED) is 0.186. The van der Waals surface area contributed by atoms with Gasteiger partial charge < -0.3 is 15.4 Å². The molecule has 0 bridgehead atoms. The zero-order chi connectivity index (χ0) is 17.4. The van der Waals surface area contributed by atoms with Gasteiger partial charge in [0.05, 0.1) is 28.6 Å². The van der Waals surface area contributed by atoms with E-state index < -0.39 is 22.1 Å². The summed E-state index contributed by atoms with van der Waals surface area (Å²) in [5.41, 5.74) is 0.459. The molecule has 9 nitrogen and oxygen atoms in total. The zero-order valence-electron chi connectivity index (χ0n) is 11.8. The number of phenolic OH excluding ortho intramolecular Hbond substituents is 2. The number of pyridine rings is 1. The van der Waals surface area contributed by atoms with Gasteiger partial charge in [-0.2, -0.15) is 9.83 Å². The highest BCUT2D eigenvalue weighted by molar-refractivity contribution is 6.28. The first-order valence-corrected chi connectivity index (χ1v) is 6.90. The molecule has 122 valence electrons. The van der Waals surface area contributed by atoms with Crippen LogP contribution in [-0.4, -0.2) is 24.9 Å². The normalized spacial score (nSPS) is 10.7. The molecule has 0 radical (unpaired) electrons. The van der Waals surface area contributed by atoms with Crippen LogP contribution in [0.25, 0.3) is 16.9 Å². The first-order chi connectivity index (χ1) is 11.4. The summed E-state index contributed by atoms with van der Waals surface area (Å²) >= 11 is 5.79. The maximum absolute atomic E-state index is 11.3. The Morgan fingerprint density at radius 2 is 2.00 bits per heavy atom. The van der Waals surface area contributed by atoms with Crippen LogP contribution < -0.4 is 4.73 Å². The third kappa shape index (κ3) is 2.57. The van der Waals surface area contributed by atoms with Crippen molar-refractivity contribution in [1.29, 1.82) is 0 Å². The van der Waals surface area contributed by atoms with Crippen molar-refractivity contribution in [3.8, 4) is 28.4 Å². The lowest BCUT2D eigenvalue weighted by Gasteiger charge is -2.09. The Bertz CT molecular complexity index is 956. The molecule has 0 unspecified atom stereocenters. The van der Waals surface area contributed by atoms with Gasteiger partial charge in [-0.1, -0.05) is 0 Å². The second-order valence-electron chi connectivity index (χ2n) is 4.78. The molecule has 0 aliphatic heterocycles. The molecule has 3 aromatic rings. The molecule has 0 saturated heterocycles. The number of nitro benzene ring substituents is 1. The predicted molar refractivity (Wildman–Crippen MR) is 83.0 cm³/mol. The lowest BCUT2D eigenvalue weighted by molar-refractivity contribution is -0.603. The van der Waals surface area contributed by atoms with Crippen LogP contribution in [0.15, 0.2) is 42.7 Å². The summed E-state index contributed by atoms with van der Waals surface area (Å²) in [7, 11) is 0. The highest BCUT2D eigenvalue weighted by Crippen LogP contribution is 2.39. The lowest BCUT2D eigenvalue weighted by Crippen LogP contribution is -2.26. The first-order valence-electron chi connectivity index (χ1n) is 6.52. The number of aromatic nitrogens is 3. The van der Waals surface area contributed by atoms with Crippen molar-refractivity contribution in [3.63, 3.8) is 0 Å². The van der Waals surface area contributed by atoms with E-state index in [1.165, 1.54) is 35.3 Å². The van der Waals surface area contributed by atoms with Crippen LogP contribution in [0.3, 0.4) is 0 Å². The third-order valence-corrected chi connectivity index (χ3v) is 3.58. The van der Waals surface area contributed by atoms with E-state index in [4.69, 9.17) is 11.6 Å². The highest BCUT2D eigenvalue weighted by atomic mass is 35.5. The van der Waals surface area contributed by atoms with Crippen molar-refractivity contribution in [2.45, 2.75) is 0 Å². The van der Waals surface area contributed by atoms with Crippen molar-refractivity contribution in [3.05, 3.63) is 63.2 Å². The summed E-state index contributed by atoms with van der Waals surface area (Å²) in [6, 6.07) is 6.68. The molecule has 2 aromatic heterocycles. The van der Waals surface area contributed by atoms with Crippen LogP contribution in [0.4, 0.5) is 5.69 Å². The van der Waals surface area contributed by atoms with Gasteiger partial charge in [0.1, 0.15) is 0 Å². The van der Waals surface area contributed by atoms with Gasteiger partial charge in [0.25, 0.3) is 5.15 Å². The maximum Gasteiger partial charge on any atom is 0.315 e. The number of benzene rings is 1. The Hall–Kier alpha value is -3.33. The molecule has 1 aromatic carbocycles. The van der Waals surface area contributed by atoms with Crippen molar-refractivity contribution >= 4 is 17.3 Å². The zero-order valence-corrected chi connectivity index (χ0v) is 12.6. The van der Waals surface area contributed by atoms with Gasteiger partial charge in [0, 0.05) is 17.7 Å². The van der Waals surface area contributed by atoms with Crippen molar-refractivity contribution in [2.24, 2.45) is 0 Å². The van der Waals surface area contributed by atoms with Crippen LogP contribution in [0.1, 0.15) is 0 Å². The van der Waals surface area contributed by atoms with Gasteiger partial charge in [-0.25, -0.2) is 4.68 Å². The van der Waals surface area contributed by atoms with E-state index in [0.717, 1.165) is 6.07 Å². The largest absolute Gasteiger partial charge is 0.618 e. The molecule has 0 fully saturated rings. The van der Waals surface area contributed by atoms with E-state index in [9.17, 15) is 25.5 Å². The summed E-state index contributed by atoms with van der Waals surface area (Å²) in [6.07, 6.45) is 2.64. The Kier molecular flexibility index (Phi) is 3.70. The molecule has 3 rings (SSSR count). The molecule has 2 heterocycles. The van der Waals surface area contributed by atoms with Gasteiger partial charge in [0.15, 0.2) is 11.9 Å².